The maximum atomic E-state index is 13.0. The Morgan fingerprint density at radius 1 is 1.12 bits per heavy atom. The fourth-order valence-corrected chi connectivity index (χ4v) is 4.33. The van der Waals surface area contributed by atoms with Gasteiger partial charge in [0.2, 0.25) is 5.91 Å². The molecule has 2 amide bonds. The molecule has 2 heterocycles. The molecule has 0 bridgehead atoms. The summed E-state index contributed by atoms with van der Waals surface area (Å²) in [5.74, 6) is -0.0897. The molecule has 1 unspecified atom stereocenters. The van der Waals surface area contributed by atoms with Crippen LogP contribution in [0.2, 0.25) is 0 Å². The van der Waals surface area contributed by atoms with Crippen LogP contribution in [0.15, 0.2) is 48.5 Å². The van der Waals surface area contributed by atoms with E-state index in [0.29, 0.717) is 17.0 Å². The number of ether oxygens (including phenoxy) is 1. The van der Waals surface area contributed by atoms with Crippen LogP contribution in [-0.2, 0) is 16.1 Å². The number of nitrogens with one attached hydrogen (secondary N) is 1. The molecule has 0 aromatic heterocycles. The molecule has 0 saturated carbocycles. The van der Waals surface area contributed by atoms with Gasteiger partial charge in [-0.3, -0.25) is 24.2 Å². The molecular weight excluding hydrogens is 406 g/mol. The van der Waals surface area contributed by atoms with Crippen LogP contribution in [0.1, 0.15) is 42.6 Å². The van der Waals surface area contributed by atoms with Crippen LogP contribution in [0.4, 0.5) is 5.69 Å². The number of likely N-dealkylation sites (tertiary alicyclic amines) is 1. The standard InChI is InChI=1S/C25H29N3O4/c1-17(28-22-14-20(18(2)29)8-9-23(22)32-16-24(28)30)25(31)26-21-10-12-27(13-11-21)15-19-6-4-3-5-7-19/h3-9,14,17,21H,10-13,15-16H2,1-2H3,(H,26,31). The number of ketones is 1. The van der Waals surface area contributed by atoms with Crippen LogP contribution in [0.3, 0.4) is 0 Å². The molecule has 1 fully saturated rings. The van der Waals surface area contributed by atoms with Gasteiger partial charge < -0.3 is 10.1 Å². The summed E-state index contributed by atoms with van der Waals surface area (Å²) in [4.78, 5) is 41.3. The quantitative estimate of drug-likeness (QED) is 0.706. The Morgan fingerprint density at radius 2 is 1.84 bits per heavy atom. The first-order valence-corrected chi connectivity index (χ1v) is 11.1. The summed E-state index contributed by atoms with van der Waals surface area (Å²) >= 11 is 0. The normalized spacial score (nSPS) is 17.9. The van der Waals surface area contributed by atoms with Gasteiger partial charge in [0, 0.05) is 31.2 Å². The van der Waals surface area contributed by atoms with Gasteiger partial charge in [-0.25, -0.2) is 0 Å². The lowest BCUT2D eigenvalue weighted by atomic mass is 10.0. The van der Waals surface area contributed by atoms with Crippen LogP contribution in [0.5, 0.6) is 5.75 Å². The van der Waals surface area contributed by atoms with Crippen molar-refractivity contribution in [3.05, 3.63) is 59.7 Å². The number of hydrogen-bond acceptors (Lipinski definition) is 5. The van der Waals surface area contributed by atoms with Crippen LogP contribution >= 0.6 is 0 Å². The van der Waals surface area contributed by atoms with Crippen LogP contribution < -0.4 is 15.0 Å². The van der Waals surface area contributed by atoms with Crippen molar-refractivity contribution in [2.24, 2.45) is 0 Å². The topological polar surface area (TPSA) is 79.0 Å². The predicted molar refractivity (Wildman–Crippen MR) is 122 cm³/mol. The van der Waals surface area contributed by atoms with Gasteiger partial charge in [0.15, 0.2) is 12.4 Å². The molecule has 1 atom stereocenters. The number of amides is 2. The zero-order valence-electron chi connectivity index (χ0n) is 18.5. The Balaban J connectivity index is 1.38. The molecule has 2 aliphatic heterocycles. The molecule has 0 aliphatic carbocycles. The van der Waals surface area contributed by atoms with Crippen molar-refractivity contribution >= 4 is 23.3 Å². The van der Waals surface area contributed by atoms with E-state index in [1.54, 1.807) is 25.1 Å². The minimum Gasteiger partial charge on any atom is -0.482 e. The van der Waals surface area contributed by atoms with Gasteiger partial charge in [0.05, 0.1) is 5.69 Å². The molecule has 2 aliphatic rings. The van der Waals surface area contributed by atoms with Gasteiger partial charge in [-0.2, -0.15) is 0 Å². The van der Waals surface area contributed by atoms with E-state index in [1.165, 1.54) is 17.4 Å². The summed E-state index contributed by atoms with van der Waals surface area (Å²) in [6, 6.07) is 14.7. The SMILES string of the molecule is CC(=O)c1ccc2c(c1)N(C(C)C(=O)NC1CCN(Cc3ccccc3)CC1)C(=O)CO2. The van der Waals surface area contributed by atoms with E-state index in [-0.39, 0.29) is 30.2 Å². The smallest absolute Gasteiger partial charge is 0.265 e. The average Bonchev–Trinajstić information content (AvgIpc) is 2.80. The summed E-state index contributed by atoms with van der Waals surface area (Å²) in [5.41, 5.74) is 2.23. The number of rotatable bonds is 6. The molecule has 7 heteroatoms. The minimum absolute atomic E-state index is 0.0798. The number of carbonyl (C=O) groups is 3. The van der Waals surface area contributed by atoms with Crippen LogP contribution in [-0.4, -0.2) is 54.3 Å². The highest BCUT2D eigenvalue weighted by molar-refractivity contribution is 6.05. The molecule has 2 aromatic carbocycles. The van der Waals surface area contributed by atoms with Crippen molar-refractivity contribution in [1.29, 1.82) is 0 Å². The number of benzene rings is 2. The first-order chi connectivity index (χ1) is 15.4. The molecule has 1 saturated heterocycles. The number of piperidine rings is 1. The highest BCUT2D eigenvalue weighted by atomic mass is 16.5. The van der Waals surface area contributed by atoms with Gasteiger partial charge in [0.25, 0.3) is 5.91 Å². The molecule has 168 valence electrons. The zero-order chi connectivity index (χ0) is 22.7. The summed E-state index contributed by atoms with van der Waals surface area (Å²) in [6.45, 7) is 5.80. The number of carbonyl (C=O) groups excluding carboxylic acids is 3. The summed E-state index contributed by atoms with van der Waals surface area (Å²) in [5, 5.41) is 3.12. The van der Waals surface area contributed by atoms with E-state index in [2.05, 4.69) is 22.3 Å². The number of nitrogens with zero attached hydrogens (tertiary/aromatic N) is 2. The second kappa shape index (κ2) is 9.53. The Kier molecular flexibility index (Phi) is 6.55. The van der Waals surface area contributed by atoms with Gasteiger partial charge in [0.1, 0.15) is 11.8 Å². The lowest BCUT2D eigenvalue weighted by Crippen LogP contribution is -2.54. The third-order valence-corrected chi connectivity index (χ3v) is 6.19. The molecule has 1 N–H and O–H groups in total. The largest absolute Gasteiger partial charge is 0.482 e. The number of anilines is 1. The van der Waals surface area contributed by atoms with Gasteiger partial charge in [-0.15, -0.1) is 0 Å². The Hall–Kier alpha value is -3.19. The van der Waals surface area contributed by atoms with E-state index in [4.69, 9.17) is 4.74 Å². The third-order valence-electron chi connectivity index (χ3n) is 6.19. The zero-order valence-corrected chi connectivity index (χ0v) is 18.5. The van der Waals surface area contributed by atoms with Crippen molar-refractivity contribution in [1.82, 2.24) is 10.2 Å². The summed E-state index contributed by atoms with van der Waals surface area (Å²) in [6.07, 6.45) is 1.74. The van der Waals surface area contributed by atoms with Crippen molar-refractivity contribution < 1.29 is 19.1 Å². The monoisotopic (exact) mass is 435 g/mol. The Morgan fingerprint density at radius 3 is 2.53 bits per heavy atom. The highest BCUT2D eigenvalue weighted by Crippen LogP contribution is 2.34. The molecule has 32 heavy (non-hydrogen) atoms. The maximum absolute atomic E-state index is 13.0. The summed E-state index contributed by atoms with van der Waals surface area (Å²) in [7, 11) is 0. The molecule has 7 nitrogen and oxygen atoms in total. The second-order valence-electron chi connectivity index (χ2n) is 8.51. The molecule has 4 rings (SSSR count). The number of hydrogen-bond donors (Lipinski definition) is 1. The van der Waals surface area contributed by atoms with Crippen molar-refractivity contribution in [2.75, 3.05) is 24.6 Å². The lowest BCUT2D eigenvalue weighted by molar-refractivity contribution is -0.128. The van der Waals surface area contributed by atoms with E-state index in [0.717, 1.165) is 32.5 Å². The molecule has 0 radical (unpaired) electrons. The Bertz CT molecular complexity index is 1000. The molecule has 0 spiro atoms. The third kappa shape index (κ3) is 4.83. The van der Waals surface area contributed by atoms with E-state index < -0.39 is 6.04 Å². The summed E-state index contributed by atoms with van der Waals surface area (Å²) < 4.78 is 5.50. The van der Waals surface area contributed by atoms with Crippen molar-refractivity contribution in [3.8, 4) is 5.75 Å². The van der Waals surface area contributed by atoms with Crippen molar-refractivity contribution in [2.45, 2.75) is 45.3 Å². The van der Waals surface area contributed by atoms with E-state index >= 15 is 0 Å². The van der Waals surface area contributed by atoms with E-state index in [1.807, 2.05) is 18.2 Å². The van der Waals surface area contributed by atoms with Crippen LogP contribution in [0, 0.1) is 0 Å². The first-order valence-electron chi connectivity index (χ1n) is 11.1. The molecule has 2 aromatic rings. The first kappa shape index (κ1) is 22.0. The van der Waals surface area contributed by atoms with Gasteiger partial charge >= 0.3 is 0 Å². The van der Waals surface area contributed by atoms with E-state index in [9.17, 15) is 14.4 Å². The minimum atomic E-state index is -0.699. The predicted octanol–water partition coefficient (Wildman–Crippen LogP) is 2.78. The van der Waals surface area contributed by atoms with Gasteiger partial charge in [-0.05, 0) is 50.5 Å². The fraction of sp³-hybridized carbons (Fsp3) is 0.400. The molecular formula is C25H29N3O4. The Labute approximate surface area is 188 Å². The van der Waals surface area contributed by atoms with Crippen molar-refractivity contribution in [3.63, 3.8) is 0 Å². The number of Topliss-reactive ketones (excluding diaryl/α,β-unsaturated/α-hetero) is 1. The van der Waals surface area contributed by atoms with Crippen LogP contribution in [0.25, 0.3) is 0 Å². The maximum Gasteiger partial charge on any atom is 0.265 e. The average molecular weight is 436 g/mol. The number of fused-ring (bicyclic) bond motifs is 1. The fourth-order valence-electron chi connectivity index (χ4n) is 4.33. The second-order valence-corrected chi connectivity index (χ2v) is 8.51. The van der Waals surface area contributed by atoms with Gasteiger partial charge in [-0.1, -0.05) is 30.3 Å². The lowest BCUT2D eigenvalue weighted by Gasteiger charge is -2.36. The highest BCUT2D eigenvalue weighted by Gasteiger charge is 2.34.